The molecule has 5 nitrogen and oxygen atoms in total. The van der Waals surface area contributed by atoms with E-state index in [-0.39, 0.29) is 16.7 Å². The fourth-order valence-electron chi connectivity index (χ4n) is 1.91. The van der Waals surface area contributed by atoms with Gasteiger partial charge in [-0.05, 0) is 29.5 Å². The van der Waals surface area contributed by atoms with Gasteiger partial charge in [0.05, 0.1) is 4.90 Å². The van der Waals surface area contributed by atoms with Crippen LogP contribution in [0.3, 0.4) is 0 Å². The molecule has 0 fully saturated rings. The van der Waals surface area contributed by atoms with Gasteiger partial charge in [-0.15, -0.1) is 0 Å². The Morgan fingerprint density at radius 2 is 1.76 bits per heavy atom. The maximum atomic E-state index is 12.2. The third kappa shape index (κ3) is 4.82. The molecule has 0 aromatic heterocycles. The smallest absolute Gasteiger partial charge is 0.321 e. The first-order valence-corrected chi connectivity index (χ1v) is 8.42. The SMILES string of the molecule is CCC[C@H](NS(=O)(=O)c1ccc(C(C)(C)C)cc1)C(=O)O. The number of rotatable bonds is 6. The van der Waals surface area contributed by atoms with Crippen molar-refractivity contribution in [2.45, 2.75) is 56.9 Å². The summed E-state index contributed by atoms with van der Waals surface area (Å²) < 4.78 is 26.7. The predicted octanol–water partition coefficient (Wildman–Crippen LogP) is 2.52. The Morgan fingerprint density at radius 3 is 2.14 bits per heavy atom. The van der Waals surface area contributed by atoms with E-state index in [1.807, 2.05) is 27.7 Å². The van der Waals surface area contributed by atoms with Crippen LogP contribution >= 0.6 is 0 Å². The first kappa shape index (κ1) is 17.7. The number of benzene rings is 1. The highest BCUT2D eigenvalue weighted by atomic mass is 32.2. The lowest BCUT2D eigenvalue weighted by Gasteiger charge is -2.19. The Hall–Kier alpha value is -1.40. The van der Waals surface area contributed by atoms with Gasteiger partial charge in [0, 0.05) is 0 Å². The molecule has 1 aromatic rings. The maximum absolute atomic E-state index is 12.2. The van der Waals surface area contributed by atoms with E-state index in [0.29, 0.717) is 6.42 Å². The van der Waals surface area contributed by atoms with Crippen molar-refractivity contribution in [3.8, 4) is 0 Å². The van der Waals surface area contributed by atoms with Crippen LogP contribution in [0.2, 0.25) is 0 Å². The summed E-state index contributed by atoms with van der Waals surface area (Å²) in [6.45, 7) is 7.92. The zero-order valence-corrected chi connectivity index (χ0v) is 13.7. The summed E-state index contributed by atoms with van der Waals surface area (Å²) in [4.78, 5) is 11.1. The molecule has 0 amide bonds. The zero-order chi connectivity index (χ0) is 16.3. The van der Waals surface area contributed by atoms with Crippen LogP contribution in [0.15, 0.2) is 29.2 Å². The Bertz CT molecular complexity index is 585. The molecule has 0 saturated carbocycles. The molecule has 0 bridgehead atoms. The standard InChI is InChI=1S/C15H23NO4S/c1-5-6-13(14(17)18)16-21(19,20)12-9-7-11(8-10-12)15(2,3)4/h7-10,13,16H,5-6H2,1-4H3,(H,17,18)/t13-/m0/s1. The molecule has 6 heteroatoms. The van der Waals surface area contributed by atoms with E-state index < -0.39 is 22.0 Å². The van der Waals surface area contributed by atoms with Crippen molar-refractivity contribution in [2.24, 2.45) is 0 Å². The highest BCUT2D eigenvalue weighted by molar-refractivity contribution is 7.89. The van der Waals surface area contributed by atoms with E-state index in [1.165, 1.54) is 12.1 Å². The van der Waals surface area contributed by atoms with Gasteiger partial charge < -0.3 is 5.11 Å². The molecule has 1 aromatic carbocycles. The minimum Gasteiger partial charge on any atom is -0.480 e. The van der Waals surface area contributed by atoms with Gasteiger partial charge in [-0.2, -0.15) is 4.72 Å². The van der Waals surface area contributed by atoms with Crippen molar-refractivity contribution in [2.75, 3.05) is 0 Å². The van der Waals surface area contributed by atoms with Crippen LogP contribution in [0.4, 0.5) is 0 Å². The minimum atomic E-state index is -3.82. The number of carbonyl (C=O) groups is 1. The molecule has 0 saturated heterocycles. The molecular formula is C15H23NO4S. The highest BCUT2D eigenvalue weighted by Crippen LogP contribution is 2.23. The van der Waals surface area contributed by atoms with Crippen molar-refractivity contribution in [1.82, 2.24) is 4.72 Å². The molecule has 0 heterocycles. The van der Waals surface area contributed by atoms with Gasteiger partial charge in [-0.1, -0.05) is 46.2 Å². The summed E-state index contributed by atoms with van der Waals surface area (Å²) >= 11 is 0. The van der Waals surface area contributed by atoms with Gasteiger partial charge in [0.2, 0.25) is 10.0 Å². The van der Waals surface area contributed by atoms with Crippen LogP contribution in [-0.2, 0) is 20.2 Å². The maximum Gasteiger partial charge on any atom is 0.321 e. The number of sulfonamides is 1. The molecule has 0 aliphatic carbocycles. The molecule has 1 atom stereocenters. The van der Waals surface area contributed by atoms with E-state index in [2.05, 4.69) is 4.72 Å². The van der Waals surface area contributed by atoms with Crippen LogP contribution < -0.4 is 4.72 Å². The number of aliphatic carboxylic acids is 1. The van der Waals surface area contributed by atoms with Crippen LogP contribution in [-0.4, -0.2) is 25.5 Å². The third-order valence-corrected chi connectivity index (χ3v) is 4.69. The first-order valence-electron chi connectivity index (χ1n) is 6.93. The van der Waals surface area contributed by atoms with Gasteiger partial charge in [0.15, 0.2) is 0 Å². The summed E-state index contributed by atoms with van der Waals surface area (Å²) in [6.07, 6.45) is 0.844. The van der Waals surface area contributed by atoms with Crippen LogP contribution in [0.5, 0.6) is 0 Å². The molecule has 0 aliphatic rings. The fourth-order valence-corrected chi connectivity index (χ4v) is 3.13. The van der Waals surface area contributed by atoms with E-state index in [9.17, 15) is 13.2 Å². The normalized spacial score (nSPS) is 13.9. The Kier molecular flexibility index (Phi) is 5.53. The summed E-state index contributed by atoms with van der Waals surface area (Å²) in [5.74, 6) is -1.16. The van der Waals surface area contributed by atoms with Crippen molar-refractivity contribution in [3.63, 3.8) is 0 Å². The molecule has 0 spiro atoms. The third-order valence-electron chi connectivity index (χ3n) is 3.20. The van der Waals surface area contributed by atoms with Crippen LogP contribution in [0.25, 0.3) is 0 Å². The van der Waals surface area contributed by atoms with Crippen LogP contribution in [0.1, 0.15) is 46.1 Å². The Morgan fingerprint density at radius 1 is 1.24 bits per heavy atom. The zero-order valence-electron chi connectivity index (χ0n) is 12.9. The highest BCUT2D eigenvalue weighted by Gasteiger charge is 2.25. The number of carboxylic acids is 1. The second-order valence-corrected chi connectivity index (χ2v) is 7.79. The van der Waals surface area contributed by atoms with Crippen molar-refractivity contribution in [1.29, 1.82) is 0 Å². The molecule has 21 heavy (non-hydrogen) atoms. The number of nitrogens with one attached hydrogen (secondary N) is 1. The lowest BCUT2D eigenvalue weighted by Crippen LogP contribution is -2.40. The first-order chi connectivity index (χ1) is 9.58. The lowest BCUT2D eigenvalue weighted by molar-refractivity contribution is -0.139. The fraction of sp³-hybridized carbons (Fsp3) is 0.533. The quantitative estimate of drug-likeness (QED) is 0.845. The average molecular weight is 313 g/mol. The monoisotopic (exact) mass is 313 g/mol. The summed E-state index contributed by atoms with van der Waals surface area (Å²) in [7, 11) is -3.82. The van der Waals surface area contributed by atoms with Gasteiger partial charge in [0.1, 0.15) is 6.04 Å². The summed E-state index contributed by atoms with van der Waals surface area (Å²) in [5.41, 5.74) is 0.950. The van der Waals surface area contributed by atoms with E-state index in [4.69, 9.17) is 5.11 Å². The van der Waals surface area contributed by atoms with Crippen molar-refractivity contribution in [3.05, 3.63) is 29.8 Å². The molecule has 2 N–H and O–H groups in total. The Balaban J connectivity index is 3.00. The molecule has 0 radical (unpaired) electrons. The van der Waals surface area contributed by atoms with Crippen molar-refractivity contribution < 1.29 is 18.3 Å². The molecule has 0 unspecified atom stereocenters. The topological polar surface area (TPSA) is 83.5 Å². The summed E-state index contributed by atoms with van der Waals surface area (Å²) in [5, 5.41) is 9.04. The summed E-state index contributed by atoms with van der Waals surface area (Å²) in [6, 6.07) is 5.43. The molecule has 1 rings (SSSR count). The van der Waals surface area contributed by atoms with Gasteiger partial charge in [-0.3, -0.25) is 4.79 Å². The van der Waals surface area contributed by atoms with Gasteiger partial charge in [-0.25, -0.2) is 8.42 Å². The lowest BCUT2D eigenvalue weighted by atomic mass is 9.87. The Labute approximate surface area is 126 Å². The predicted molar refractivity (Wildman–Crippen MR) is 81.8 cm³/mol. The van der Waals surface area contributed by atoms with E-state index in [1.54, 1.807) is 12.1 Å². The molecule has 0 aliphatic heterocycles. The second-order valence-electron chi connectivity index (χ2n) is 6.08. The minimum absolute atomic E-state index is 0.0679. The van der Waals surface area contributed by atoms with Gasteiger partial charge in [0.25, 0.3) is 0 Å². The van der Waals surface area contributed by atoms with Crippen LogP contribution in [0, 0.1) is 0 Å². The second kappa shape index (κ2) is 6.58. The molecule has 118 valence electrons. The number of carboxylic acid groups (broad SMARTS) is 1. The van der Waals surface area contributed by atoms with E-state index in [0.717, 1.165) is 5.56 Å². The number of hydrogen-bond donors (Lipinski definition) is 2. The number of hydrogen-bond acceptors (Lipinski definition) is 3. The van der Waals surface area contributed by atoms with E-state index >= 15 is 0 Å². The van der Waals surface area contributed by atoms with Crippen molar-refractivity contribution >= 4 is 16.0 Å². The molecular weight excluding hydrogens is 290 g/mol. The average Bonchev–Trinajstić information content (AvgIpc) is 2.37. The van der Waals surface area contributed by atoms with Gasteiger partial charge >= 0.3 is 5.97 Å². The largest absolute Gasteiger partial charge is 0.480 e.